The van der Waals surface area contributed by atoms with E-state index in [-0.39, 0.29) is 6.10 Å². The molecule has 0 radical (unpaired) electrons. The quantitative estimate of drug-likeness (QED) is 0.863. The zero-order valence-corrected chi connectivity index (χ0v) is 10.2. The second kappa shape index (κ2) is 5.27. The van der Waals surface area contributed by atoms with Crippen LogP contribution >= 0.6 is 11.3 Å². The molecule has 86 valence electrons. The summed E-state index contributed by atoms with van der Waals surface area (Å²) in [7, 11) is 0. The molecule has 0 saturated carbocycles. The van der Waals surface area contributed by atoms with E-state index in [0.717, 1.165) is 12.4 Å². The zero-order valence-electron chi connectivity index (χ0n) is 9.34. The highest BCUT2D eigenvalue weighted by Crippen LogP contribution is 2.11. The number of nitrogens with zero attached hydrogens (tertiary/aromatic N) is 2. The highest BCUT2D eigenvalue weighted by atomic mass is 32.1. The van der Waals surface area contributed by atoms with Crippen molar-refractivity contribution in [2.24, 2.45) is 0 Å². The molecular formula is C12H16N2OS. The van der Waals surface area contributed by atoms with E-state index in [9.17, 15) is 5.11 Å². The maximum absolute atomic E-state index is 9.96. The molecule has 2 aromatic rings. The molecule has 0 aromatic carbocycles. The van der Waals surface area contributed by atoms with Gasteiger partial charge in [-0.1, -0.05) is 0 Å². The Labute approximate surface area is 99.4 Å². The predicted octanol–water partition coefficient (Wildman–Crippen LogP) is 2.11. The van der Waals surface area contributed by atoms with Gasteiger partial charge in [0.15, 0.2) is 0 Å². The van der Waals surface area contributed by atoms with Gasteiger partial charge in [-0.2, -0.15) is 11.3 Å². The molecule has 1 unspecified atom stereocenters. The van der Waals surface area contributed by atoms with Gasteiger partial charge in [0, 0.05) is 25.4 Å². The van der Waals surface area contributed by atoms with E-state index in [1.54, 1.807) is 17.5 Å². The summed E-state index contributed by atoms with van der Waals surface area (Å²) in [4.78, 5) is 4.26. The van der Waals surface area contributed by atoms with E-state index in [1.807, 2.05) is 11.6 Å². The largest absolute Gasteiger partial charge is 0.392 e. The lowest BCUT2D eigenvalue weighted by atomic mass is 10.1. The van der Waals surface area contributed by atoms with Crippen molar-refractivity contribution >= 4 is 11.3 Å². The first-order valence-electron chi connectivity index (χ1n) is 5.48. The van der Waals surface area contributed by atoms with Crippen molar-refractivity contribution in [3.63, 3.8) is 0 Å². The molecule has 1 atom stereocenters. The highest BCUT2D eigenvalue weighted by molar-refractivity contribution is 7.07. The molecule has 0 amide bonds. The van der Waals surface area contributed by atoms with Crippen LogP contribution < -0.4 is 0 Å². The van der Waals surface area contributed by atoms with Crippen LogP contribution in [-0.2, 0) is 19.4 Å². The Balaban J connectivity index is 1.94. The average Bonchev–Trinajstić information content (AvgIpc) is 2.88. The number of aromatic nitrogens is 2. The smallest absolute Gasteiger partial charge is 0.111 e. The molecule has 0 spiro atoms. The summed E-state index contributed by atoms with van der Waals surface area (Å²) in [5, 5.41) is 14.1. The number of imidazole rings is 1. The molecule has 1 N–H and O–H groups in total. The third-order valence-electron chi connectivity index (χ3n) is 2.61. The van der Waals surface area contributed by atoms with Crippen molar-refractivity contribution in [2.45, 2.75) is 32.4 Å². The molecule has 0 fully saturated rings. The number of aryl methyl sites for hydroxylation is 1. The van der Waals surface area contributed by atoms with E-state index < -0.39 is 0 Å². The normalized spacial score (nSPS) is 12.9. The molecule has 2 rings (SSSR count). The van der Waals surface area contributed by atoms with E-state index in [4.69, 9.17) is 0 Å². The van der Waals surface area contributed by atoms with Crippen molar-refractivity contribution < 1.29 is 5.11 Å². The number of thiophene rings is 1. The molecule has 4 heteroatoms. The molecule has 0 aliphatic rings. The summed E-state index contributed by atoms with van der Waals surface area (Å²) in [5.74, 6) is 0.963. The molecule has 2 aromatic heterocycles. The summed E-state index contributed by atoms with van der Waals surface area (Å²) in [5.41, 5.74) is 1.20. The van der Waals surface area contributed by atoms with Gasteiger partial charge in [-0.15, -0.1) is 0 Å². The Morgan fingerprint density at radius 3 is 3.06 bits per heavy atom. The number of rotatable bonds is 5. The van der Waals surface area contributed by atoms with Gasteiger partial charge in [-0.05, 0) is 35.7 Å². The Bertz CT molecular complexity index is 422. The first-order chi connectivity index (χ1) is 7.79. The number of aliphatic hydroxyl groups excluding tert-OH is 1. The third-order valence-corrected chi connectivity index (χ3v) is 3.34. The molecule has 0 bridgehead atoms. The molecule has 3 nitrogen and oxygen atoms in total. The Morgan fingerprint density at radius 2 is 2.38 bits per heavy atom. The van der Waals surface area contributed by atoms with E-state index >= 15 is 0 Å². The van der Waals surface area contributed by atoms with Crippen LogP contribution in [0.5, 0.6) is 0 Å². The Morgan fingerprint density at radius 1 is 1.50 bits per heavy atom. The van der Waals surface area contributed by atoms with Crippen LogP contribution in [0.4, 0.5) is 0 Å². The van der Waals surface area contributed by atoms with Crippen LogP contribution in [0.25, 0.3) is 0 Å². The topological polar surface area (TPSA) is 38.0 Å². The van der Waals surface area contributed by atoms with E-state index in [2.05, 4.69) is 27.9 Å². The van der Waals surface area contributed by atoms with E-state index in [0.29, 0.717) is 12.8 Å². The van der Waals surface area contributed by atoms with Gasteiger partial charge in [-0.3, -0.25) is 0 Å². The van der Waals surface area contributed by atoms with Gasteiger partial charge in [0.1, 0.15) is 5.82 Å². The molecule has 0 saturated heterocycles. The minimum Gasteiger partial charge on any atom is -0.392 e. The predicted molar refractivity (Wildman–Crippen MR) is 65.6 cm³/mol. The average molecular weight is 236 g/mol. The monoisotopic (exact) mass is 236 g/mol. The lowest BCUT2D eigenvalue weighted by molar-refractivity contribution is 0.172. The Kier molecular flexibility index (Phi) is 3.74. The lowest BCUT2D eigenvalue weighted by Gasteiger charge is -2.10. The summed E-state index contributed by atoms with van der Waals surface area (Å²) in [6.07, 6.45) is 4.72. The molecule has 0 aliphatic heterocycles. The lowest BCUT2D eigenvalue weighted by Crippen LogP contribution is -2.16. The molecule has 0 aliphatic carbocycles. The van der Waals surface area contributed by atoms with Gasteiger partial charge in [0.2, 0.25) is 0 Å². The summed E-state index contributed by atoms with van der Waals surface area (Å²) < 4.78 is 2.07. The van der Waals surface area contributed by atoms with Gasteiger partial charge in [-0.25, -0.2) is 4.98 Å². The molecule has 16 heavy (non-hydrogen) atoms. The third kappa shape index (κ3) is 2.71. The van der Waals surface area contributed by atoms with Crippen LogP contribution in [0.15, 0.2) is 29.2 Å². The molecular weight excluding hydrogens is 220 g/mol. The van der Waals surface area contributed by atoms with Gasteiger partial charge < -0.3 is 9.67 Å². The minimum atomic E-state index is -0.345. The fourth-order valence-electron chi connectivity index (χ4n) is 1.78. The van der Waals surface area contributed by atoms with Gasteiger partial charge in [0.05, 0.1) is 6.10 Å². The first-order valence-corrected chi connectivity index (χ1v) is 6.43. The number of aliphatic hydroxyl groups is 1. The highest BCUT2D eigenvalue weighted by Gasteiger charge is 2.10. The Hall–Kier alpha value is -1.13. The number of hydrogen-bond donors (Lipinski definition) is 1. The van der Waals surface area contributed by atoms with Crippen LogP contribution in [0, 0.1) is 0 Å². The summed E-state index contributed by atoms with van der Waals surface area (Å²) >= 11 is 1.67. The van der Waals surface area contributed by atoms with Crippen molar-refractivity contribution in [3.8, 4) is 0 Å². The van der Waals surface area contributed by atoms with Crippen LogP contribution in [-0.4, -0.2) is 20.8 Å². The SMILES string of the molecule is CCn1ccnc1CC(O)Cc1ccsc1. The molecule has 2 heterocycles. The standard InChI is InChI=1S/C12H16N2OS/c1-2-14-5-4-13-12(14)8-11(15)7-10-3-6-16-9-10/h3-6,9,11,15H,2,7-8H2,1H3. The van der Waals surface area contributed by atoms with Crippen LogP contribution in [0.2, 0.25) is 0 Å². The van der Waals surface area contributed by atoms with Gasteiger partial charge >= 0.3 is 0 Å². The summed E-state index contributed by atoms with van der Waals surface area (Å²) in [6.45, 7) is 2.98. The van der Waals surface area contributed by atoms with Crippen LogP contribution in [0.1, 0.15) is 18.3 Å². The van der Waals surface area contributed by atoms with E-state index in [1.165, 1.54) is 5.56 Å². The zero-order chi connectivity index (χ0) is 11.4. The van der Waals surface area contributed by atoms with Gasteiger partial charge in [0.25, 0.3) is 0 Å². The van der Waals surface area contributed by atoms with Crippen molar-refractivity contribution in [2.75, 3.05) is 0 Å². The first kappa shape index (κ1) is 11.4. The maximum Gasteiger partial charge on any atom is 0.111 e. The van der Waals surface area contributed by atoms with Crippen molar-refractivity contribution in [1.82, 2.24) is 9.55 Å². The second-order valence-corrected chi connectivity index (χ2v) is 4.60. The van der Waals surface area contributed by atoms with Crippen LogP contribution in [0.3, 0.4) is 0 Å². The van der Waals surface area contributed by atoms with Crippen molar-refractivity contribution in [3.05, 3.63) is 40.6 Å². The number of hydrogen-bond acceptors (Lipinski definition) is 3. The fourth-order valence-corrected chi connectivity index (χ4v) is 2.46. The second-order valence-electron chi connectivity index (χ2n) is 3.82. The maximum atomic E-state index is 9.96. The summed E-state index contributed by atoms with van der Waals surface area (Å²) in [6, 6.07) is 2.06. The fraction of sp³-hybridized carbons (Fsp3) is 0.417. The van der Waals surface area contributed by atoms with Crippen molar-refractivity contribution in [1.29, 1.82) is 0 Å². The minimum absolute atomic E-state index is 0.345.